The summed E-state index contributed by atoms with van der Waals surface area (Å²) in [6.45, 7) is 5.27. The molecular weight excluding hydrogens is 300 g/mol. The van der Waals surface area contributed by atoms with Crippen molar-refractivity contribution in [1.82, 2.24) is 9.80 Å². The number of rotatable bonds is 4. The molecule has 0 bridgehead atoms. The summed E-state index contributed by atoms with van der Waals surface area (Å²) < 4.78 is 0.608. The van der Waals surface area contributed by atoms with Gasteiger partial charge >= 0.3 is 0 Å². The zero-order chi connectivity index (χ0) is 14.0. The van der Waals surface area contributed by atoms with E-state index in [4.69, 9.17) is 12.2 Å². The van der Waals surface area contributed by atoms with Gasteiger partial charge in [0.1, 0.15) is 9.23 Å². The van der Waals surface area contributed by atoms with E-state index in [-0.39, 0.29) is 11.8 Å². The number of amides is 2. The SMILES string of the molecule is CCCCN1C(=O)C(=C2SCC(=O)N2CC)SC1=S. The van der Waals surface area contributed by atoms with Crippen LogP contribution in [0.5, 0.6) is 0 Å². The molecule has 0 spiro atoms. The Morgan fingerprint density at radius 2 is 2.00 bits per heavy atom. The van der Waals surface area contributed by atoms with Crippen LogP contribution in [-0.2, 0) is 9.59 Å². The lowest BCUT2D eigenvalue weighted by atomic mass is 10.3. The van der Waals surface area contributed by atoms with Crippen molar-refractivity contribution in [3.05, 3.63) is 9.93 Å². The molecule has 0 aliphatic carbocycles. The quantitative estimate of drug-likeness (QED) is 0.588. The average molecular weight is 316 g/mol. The van der Waals surface area contributed by atoms with Gasteiger partial charge in [0, 0.05) is 13.1 Å². The highest BCUT2D eigenvalue weighted by Gasteiger charge is 2.38. The lowest BCUT2D eigenvalue weighted by Gasteiger charge is -2.16. The van der Waals surface area contributed by atoms with Crippen molar-refractivity contribution >= 4 is 51.9 Å². The van der Waals surface area contributed by atoms with Crippen molar-refractivity contribution in [3.8, 4) is 0 Å². The second-order valence-electron chi connectivity index (χ2n) is 4.24. The maximum atomic E-state index is 12.4. The van der Waals surface area contributed by atoms with Gasteiger partial charge in [0.05, 0.1) is 10.8 Å². The van der Waals surface area contributed by atoms with Gasteiger partial charge in [-0.25, -0.2) is 0 Å². The molecular formula is C12H16N2O2S3. The van der Waals surface area contributed by atoms with Gasteiger partial charge in [-0.05, 0) is 13.3 Å². The molecule has 0 atom stereocenters. The smallest absolute Gasteiger partial charge is 0.268 e. The molecule has 0 aromatic carbocycles. The molecule has 4 nitrogen and oxygen atoms in total. The standard InChI is InChI=1S/C12H16N2O2S3/c1-3-5-6-14-10(16)9(19-12(14)17)11-13(4-2)8(15)7-18-11/h3-7H2,1-2H3. The monoisotopic (exact) mass is 316 g/mol. The van der Waals surface area contributed by atoms with Crippen LogP contribution in [0.4, 0.5) is 0 Å². The molecule has 2 aliphatic rings. The summed E-state index contributed by atoms with van der Waals surface area (Å²) in [6.07, 6.45) is 1.97. The van der Waals surface area contributed by atoms with E-state index in [1.165, 1.54) is 23.5 Å². The fraction of sp³-hybridized carbons (Fsp3) is 0.583. The van der Waals surface area contributed by atoms with Gasteiger partial charge in [-0.2, -0.15) is 0 Å². The molecule has 7 heteroatoms. The van der Waals surface area contributed by atoms with Crippen LogP contribution in [0.1, 0.15) is 26.7 Å². The second kappa shape index (κ2) is 6.28. The van der Waals surface area contributed by atoms with Crippen molar-refractivity contribution < 1.29 is 9.59 Å². The van der Waals surface area contributed by atoms with Crippen LogP contribution >= 0.6 is 35.7 Å². The van der Waals surface area contributed by atoms with Crippen molar-refractivity contribution in [3.63, 3.8) is 0 Å². The molecule has 104 valence electrons. The van der Waals surface area contributed by atoms with Gasteiger partial charge in [-0.1, -0.05) is 49.1 Å². The number of thioether (sulfide) groups is 2. The normalized spacial score (nSPS) is 24.0. The Bertz CT molecular complexity index is 462. The van der Waals surface area contributed by atoms with Gasteiger partial charge in [0.15, 0.2) is 0 Å². The number of thiocarbonyl (C=S) groups is 1. The van der Waals surface area contributed by atoms with E-state index in [1.54, 1.807) is 9.80 Å². The molecule has 2 fully saturated rings. The minimum Gasteiger partial charge on any atom is -0.305 e. The first-order valence-corrected chi connectivity index (χ1v) is 8.52. The van der Waals surface area contributed by atoms with Crippen LogP contribution in [0.15, 0.2) is 9.93 Å². The average Bonchev–Trinajstić information content (AvgIpc) is 2.88. The third-order valence-electron chi connectivity index (χ3n) is 2.97. The van der Waals surface area contributed by atoms with E-state index in [2.05, 4.69) is 6.92 Å². The van der Waals surface area contributed by atoms with E-state index < -0.39 is 0 Å². The Morgan fingerprint density at radius 1 is 1.26 bits per heavy atom. The van der Waals surface area contributed by atoms with E-state index in [9.17, 15) is 9.59 Å². The van der Waals surface area contributed by atoms with Crippen LogP contribution < -0.4 is 0 Å². The number of unbranched alkanes of at least 4 members (excludes halogenated alkanes) is 1. The van der Waals surface area contributed by atoms with E-state index >= 15 is 0 Å². The molecule has 2 heterocycles. The van der Waals surface area contributed by atoms with E-state index in [0.29, 0.717) is 28.1 Å². The van der Waals surface area contributed by atoms with E-state index in [0.717, 1.165) is 17.9 Å². The lowest BCUT2D eigenvalue weighted by Crippen LogP contribution is -2.30. The molecule has 2 saturated heterocycles. The minimum atomic E-state index is -0.0425. The summed E-state index contributed by atoms with van der Waals surface area (Å²) >= 11 is 8.03. The first-order valence-electron chi connectivity index (χ1n) is 6.31. The van der Waals surface area contributed by atoms with Crippen LogP contribution in [0.2, 0.25) is 0 Å². The zero-order valence-corrected chi connectivity index (χ0v) is 13.4. The summed E-state index contributed by atoms with van der Waals surface area (Å²) in [5, 5.41) is 0.781. The van der Waals surface area contributed by atoms with Crippen LogP contribution in [-0.4, -0.2) is 44.8 Å². The fourth-order valence-corrected chi connectivity index (χ4v) is 4.54. The van der Waals surface area contributed by atoms with Gasteiger partial charge in [0.25, 0.3) is 5.91 Å². The first-order chi connectivity index (χ1) is 9.10. The summed E-state index contributed by atoms with van der Waals surface area (Å²) in [6, 6.07) is 0. The van der Waals surface area contributed by atoms with Crippen LogP contribution in [0.3, 0.4) is 0 Å². The third kappa shape index (κ3) is 2.83. The largest absolute Gasteiger partial charge is 0.305 e. The maximum absolute atomic E-state index is 12.4. The summed E-state index contributed by atoms with van der Waals surface area (Å²) in [5.74, 6) is 0.447. The predicted molar refractivity (Wildman–Crippen MR) is 83.7 cm³/mol. The second-order valence-corrected chi connectivity index (χ2v) is 6.85. The van der Waals surface area contributed by atoms with Gasteiger partial charge in [0.2, 0.25) is 5.91 Å². The van der Waals surface area contributed by atoms with Gasteiger partial charge in [-0.3, -0.25) is 14.5 Å². The Balaban J connectivity index is 2.24. The Labute approximate surface area is 127 Å². The third-order valence-corrected chi connectivity index (χ3v) is 5.63. The zero-order valence-electron chi connectivity index (χ0n) is 11.0. The topological polar surface area (TPSA) is 40.6 Å². The fourth-order valence-electron chi connectivity index (χ4n) is 1.94. The van der Waals surface area contributed by atoms with Gasteiger partial charge in [-0.15, -0.1) is 0 Å². The predicted octanol–water partition coefficient (Wildman–Crippen LogP) is 2.41. The van der Waals surface area contributed by atoms with Crippen LogP contribution in [0.25, 0.3) is 0 Å². The number of hydrogen-bond donors (Lipinski definition) is 0. The van der Waals surface area contributed by atoms with Crippen molar-refractivity contribution in [2.45, 2.75) is 26.7 Å². The highest BCUT2D eigenvalue weighted by Crippen LogP contribution is 2.41. The van der Waals surface area contributed by atoms with Crippen LogP contribution in [0, 0.1) is 0 Å². The molecule has 0 aromatic rings. The minimum absolute atomic E-state index is 0.0425. The Kier molecular flexibility index (Phi) is 4.92. The number of hydrogen-bond acceptors (Lipinski definition) is 5. The molecule has 0 N–H and O–H groups in total. The summed E-state index contributed by atoms with van der Waals surface area (Å²) in [4.78, 5) is 28.1. The van der Waals surface area contributed by atoms with E-state index in [1.807, 2.05) is 6.92 Å². The molecule has 0 aromatic heterocycles. The molecule has 19 heavy (non-hydrogen) atoms. The Hall–Kier alpha value is -0.530. The molecule has 2 aliphatic heterocycles. The lowest BCUT2D eigenvalue weighted by molar-refractivity contribution is -0.125. The molecule has 2 amide bonds. The number of carbonyl (C=O) groups is 2. The highest BCUT2D eigenvalue weighted by molar-refractivity contribution is 8.27. The van der Waals surface area contributed by atoms with Crippen molar-refractivity contribution in [1.29, 1.82) is 0 Å². The maximum Gasteiger partial charge on any atom is 0.268 e. The molecule has 2 rings (SSSR count). The van der Waals surface area contributed by atoms with Gasteiger partial charge < -0.3 is 4.90 Å². The highest BCUT2D eigenvalue weighted by atomic mass is 32.2. The van der Waals surface area contributed by atoms with Crippen molar-refractivity contribution in [2.75, 3.05) is 18.8 Å². The van der Waals surface area contributed by atoms with Crippen molar-refractivity contribution in [2.24, 2.45) is 0 Å². The Morgan fingerprint density at radius 3 is 2.63 bits per heavy atom. The number of carbonyl (C=O) groups excluding carboxylic acids is 2. The molecule has 0 unspecified atom stereocenters. The summed E-state index contributed by atoms with van der Waals surface area (Å²) in [5.41, 5.74) is 0. The molecule has 0 radical (unpaired) electrons. The molecule has 0 saturated carbocycles. The first kappa shape index (κ1) is 14.9. The summed E-state index contributed by atoms with van der Waals surface area (Å²) in [7, 11) is 0. The number of nitrogens with zero attached hydrogens (tertiary/aromatic N) is 2.